The zero-order chi connectivity index (χ0) is 47.1. The van der Waals surface area contributed by atoms with Crippen molar-refractivity contribution in [1.82, 2.24) is 10.1 Å². The third-order valence-corrected chi connectivity index (χ3v) is 11.4. The number of rotatable bonds is 20. The van der Waals surface area contributed by atoms with Crippen LogP contribution >= 0.6 is 23.5 Å². The van der Waals surface area contributed by atoms with Crippen LogP contribution in [-0.4, -0.2) is 93.2 Å². The Hall–Kier alpha value is -6.98. The number of nitrogens with two attached hydrogens (primary N) is 2. The van der Waals surface area contributed by atoms with E-state index in [0.29, 0.717) is 23.7 Å². The number of benzene rings is 2. The largest absolute Gasteiger partial charge is 0.463 e. The van der Waals surface area contributed by atoms with Gasteiger partial charge in [0.25, 0.3) is 11.4 Å². The van der Waals surface area contributed by atoms with E-state index < -0.39 is 45.6 Å². The highest BCUT2D eigenvalue weighted by Crippen LogP contribution is 2.45. The van der Waals surface area contributed by atoms with E-state index in [0.717, 1.165) is 10.1 Å². The Morgan fingerprint density at radius 3 is 1.41 bits per heavy atom. The van der Waals surface area contributed by atoms with Crippen molar-refractivity contribution in [2.75, 3.05) is 49.3 Å². The molecule has 64 heavy (non-hydrogen) atoms. The van der Waals surface area contributed by atoms with Crippen LogP contribution in [0.3, 0.4) is 0 Å². The first-order valence-corrected chi connectivity index (χ1v) is 21.8. The van der Waals surface area contributed by atoms with Gasteiger partial charge in [-0.15, -0.1) is 0 Å². The van der Waals surface area contributed by atoms with Gasteiger partial charge in [-0.05, 0) is 38.8 Å². The van der Waals surface area contributed by atoms with Gasteiger partial charge < -0.3 is 30.6 Å². The van der Waals surface area contributed by atoms with Gasteiger partial charge in [0, 0.05) is 72.5 Å². The van der Waals surface area contributed by atoms with Crippen LogP contribution in [0.5, 0.6) is 0 Å². The molecule has 2 heterocycles. The molecule has 2 atom stereocenters. The van der Waals surface area contributed by atoms with Crippen molar-refractivity contribution in [3.8, 4) is 12.1 Å². The molecule has 4 N–H and O–H groups in total. The number of hydrogen-bond donors (Lipinski definition) is 2. The standard InChI is InChI=1S/C42H44N8O12S2/c1-5-59-41(53)39-33(23-63-17-15-43)47(25(3)31(21-45)37(39)27-9-7-11-29(19-27)49(55)56)61-35(51)13-14-36(52)62-48-26(4)32(22-46)38(28-10-8-12-30(20-28)50(57)58)40(42(54)60-6-2)34(48)24-64-18-16-44/h7-14,19-20,37-38H,5-6,15-18,23-24,43-44H2,1-4H3/b14-13+. The molecule has 2 aromatic rings. The molecule has 336 valence electrons. The number of allylic oxidation sites excluding steroid dienone is 4. The van der Waals surface area contributed by atoms with E-state index in [2.05, 4.69) is 0 Å². The predicted molar refractivity (Wildman–Crippen MR) is 233 cm³/mol. The summed E-state index contributed by atoms with van der Waals surface area (Å²) in [6, 6.07) is 14.9. The molecule has 2 unspecified atom stereocenters. The van der Waals surface area contributed by atoms with E-state index >= 15 is 0 Å². The van der Waals surface area contributed by atoms with Crippen molar-refractivity contribution >= 4 is 58.8 Å². The van der Waals surface area contributed by atoms with E-state index in [-0.39, 0.29) is 105 Å². The Morgan fingerprint density at radius 1 is 0.719 bits per heavy atom. The van der Waals surface area contributed by atoms with Gasteiger partial charge in [0.1, 0.15) is 0 Å². The number of nitro groups is 2. The fourth-order valence-corrected chi connectivity index (χ4v) is 8.32. The summed E-state index contributed by atoms with van der Waals surface area (Å²) < 4.78 is 10.8. The number of hydroxylamine groups is 4. The number of thioether (sulfide) groups is 2. The van der Waals surface area contributed by atoms with Crippen LogP contribution in [0.2, 0.25) is 0 Å². The maximum atomic E-state index is 13.8. The third kappa shape index (κ3) is 11.5. The van der Waals surface area contributed by atoms with Gasteiger partial charge in [0.15, 0.2) is 0 Å². The van der Waals surface area contributed by atoms with E-state index in [1.54, 1.807) is 13.8 Å². The lowest BCUT2D eigenvalue weighted by Crippen LogP contribution is -2.36. The Kier molecular flexibility index (Phi) is 18.2. The molecule has 0 radical (unpaired) electrons. The molecule has 0 saturated carbocycles. The topological polar surface area (TPSA) is 298 Å². The van der Waals surface area contributed by atoms with Crippen molar-refractivity contribution in [1.29, 1.82) is 10.5 Å². The molecule has 4 rings (SSSR count). The van der Waals surface area contributed by atoms with Crippen LogP contribution in [0.15, 0.2) is 106 Å². The Bertz CT molecular complexity index is 2270. The molecular weight excluding hydrogens is 873 g/mol. The van der Waals surface area contributed by atoms with Gasteiger partial charge in [0.05, 0.1) is 92.1 Å². The second-order valence-corrected chi connectivity index (χ2v) is 15.6. The molecule has 0 bridgehead atoms. The predicted octanol–water partition coefficient (Wildman–Crippen LogP) is 5.09. The maximum Gasteiger partial charge on any atom is 0.356 e. The van der Waals surface area contributed by atoms with Crippen LogP contribution in [0.1, 0.15) is 50.7 Å². The average Bonchev–Trinajstić information content (AvgIpc) is 3.27. The minimum atomic E-state index is -1.18. The van der Waals surface area contributed by atoms with Crippen molar-refractivity contribution in [2.24, 2.45) is 11.5 Å². The molecule has 2 aliphatic rings. The minimum Gasteiger partial charge on any atom is -0.463 e. The zero-order valence-corrected chi connectivity index (χ0v) is 36.8. The lowest BCUT2D eigenvalue weighted by atomic mass is 9.80. The summed E-state index contributed by atoms with van der Waals surface area (Å²) >= 11 is 2.52. The number of esters is 2. The first-order valence-electron chi connectivity index (χ1n) is 19.5. The number of non-ortho nitro benzene ring substituents is 2. The van der Waals surface area contributed by atoms with E-state index in [1.807, 2.05) is 12.1 Å². The molecule has 0 aromatic heterocycles. The Morgan fingerprint density at radius 2 is 1.09 bits per heavy atom. The zero-order valence-electron chi connectivity index (χ0n) is 35.1. The molecule has 2 aromatic carbocycles. The summed E-state index contributed by atoms with van der Waals surface area (Å²) in [5.74, 6) is -5.68. The normalized spacial score (nSPS) is 16.4. The van der Waals surface area contributed by atoms with Gasteiger partial charge >= 0.3 is 23.9 Å². The number of hydrogen-bond acceptors (Lipinski definition) is 20. The summed E-state index contributed by atoms with van der Waals surface area (Å²) in [6.45, 7) is 6.34. The quantitative estimate of drug-likeness (QED) is 0.0575. The average molecular weight is 917 g/mol. The summed E-state index contributed by atoms with van der Waals surface area (Å²) in [6.07, 6.45) is 1.42. The molecule has 0 fully saturated rings. The number of carbonyl (C=O) groups excluding carboxylic acids is 4. The lowest BCUT2D eigenvalue weighted by molar-refractivity contribution is -0.385. The van der Waals surface area contributed by atoms with Crippen molar-refractivity contribution in [2.45, 2.75) is 39.5 Å². The van der Waals surface area contributed by atoms with Crippen molar-refractivity contribution in [3.63, 3.8) is 0 Å². The van der Waals surface area contributed by atoms with Crippen molar-refractivity contribution < 1.29 is 48.2 Å². The van der Waals surface area contributed by atoms with Gasteiger partial charge in [-0.3, -0.25) is 20.2 Å². The van der Waals surface area contributed by atoms with Crippen LogP contribution in [-0.2, 0) is 38.3 Å². The number of carbonyl (C=O) groups is 4. The summed E-state index contributed by atoms with van der Waals surface area (Å²) in [5.41, 5.74) is 11.1. The fourth-order valence-electron chi connectivity index (χ4n) is 6.77. The number of ether oxygens (including phenoxy) is 2. The first-order chi connectivity index (χ1) is 30.7. The van der Waals surface area contributed by atoms with E-state index in [4.69, 9.17) is 30.6 Å². The van der Waals surface area contributed by atoms with Gasteiger partial charge in [-0.25, -0.2) is 19.2 Å². The van der Waals surface area contributed by atoms with E-state index in [9.17, 15) is 49.9 Å². The van der Waals surface area contributed by atoms with Gasteiger partial charge in [-0.1, -0.05) is 24.3 Å². The molecule has 20 nitrogen and oxygen atoms in total. The second kappa shape index (κ2) is 23.5. The molecule has 0 spiro atoms. The smallest absolute Gasteiger partial charge is 0.356 e. The monoisotopic (exact) mass is 916 g/mol. The fraction of sp³-hybridized carbons (Fsp3) is 0.333. The second-order valence-electron chi connectivity index (χ2n) is 13.4. The number of nitriles is 2. The highest BCUT2D eigenvalue weighted by molar-refractivity contribution is 7.99. The molecule has 22 heteroatoms. The van der Waals surface area contributed by atoms with Crippen LogP contribution < -0.4 is 11.5 Å². The van der Waals surface area contributed by atoms with E-state index in [1.165, 1.54) is 85.9 Å². The summed E-state index contributed by atoms with van der Waals surface area (Å²) in [7, 11) is 0. The summed E-state index contributed by atoms with van der Waals surface area (Å²) in [5, 5.41) is 46.3. The van der Waals surface area contributed by atoms with Crippen LogP contribution in [0, 0.1) is 42.9 Å². The van der Waals surface area contributed by atoms with Crippen LogP contribution in [0.4, 0.5) is 11.4 Å². The minimum absolute atomic E-state index is 0.00887. The Balaban J connectivity index is 1.77. The van der Waals surface area contributed by atoms with Crippen molar-refractivity contribution in [3.05, 3.63) is 137 Å². The number of nitro benzene ring substituents is 2. The lowest BCUT2D eigenvalue weighted by Gasteiger charge is -2.36. The van der Waals surface area contributed by atoms with Crippen LogP contribution in [0.25, 0.3) is 0 Å². The highest BCUT2D eigenvalue weighted by Gasteiger charge is 2.42. The third-order valence-electron chi connectivity index (χ3n) is 9.44. The molecular formula is C42H44N8O12S2. The molecule has 0 aliphatic carbocycles. The molecule has 2 aliphatic heterocycles. The SMILES string of the molecule is CCOC(=O)C1=C(CSCCN)N(OC(=O)/C=C/C(=O)ON2C(C)=C(C#N)C(c3cccc([N+](=O)[O-])c3)C(C(=O)OCC)=C2CSCCN)C(C)=C(C#N)C1c1cccc([N+](=O)[O-])c1. The number of nitrogens with zero attached hydrogens (tertiary/aromatic N) is 6. The molecule has 0 saturated heterocycles. The summed E-state index contributed by atoms with van der Waals surface area (Å²) in [4.78, 5) is 88.3. The first kappa shape index (κ1) is 49.7. The van der Waals surface area contributed by atoms with Gasteiger partial charge in [0.2, 0.25) is 0 Å². The highest BCUT2D eigenvalue weighted by atomic mass is 32.2. The van der Waals surface area contributed by atoms with Gasteiger partial charge in [-0.2, -0.15) is 44.2 Å². The molecule has 0 amide bonds. The Labute approximate surface area is 376 Å². The maximum absolute atomic E-state index is 13.8.